The maximum Gasteiger partial charge on any atom is 0.166 e. The van der Waals surface area contributed by atoms with E-state index >= 15 is 0 Å². The molecular formula is C40H36N4. The number of allylic oxidation sites excluding steroid dienone is 6. The molecule has 3 aliphatic rings. The first-order chi connectivity index (χ1) is 21.6. The second-order valence-corrected chi connectivity index (χ2v) is 11.7. The summed E-state index contributed by atoms with van der Waals surface area (Å²) in [5, 5.41) is 7.19. The molecule has 0 aromatic heterocycles. The van der Waals surface area contributed by atoms with Crippen LogP contribution in [-0.2, 0) is 0 Å². The van der Waals surface area contributed by atoms with Crippen LogP contribution in [0.1, 0.15) is 48.6 Å². The summed E-state index contributed by atoms with van der Waals surface area (Å²) in [5.41, 5.74) is 10.7. The van der Waals surface area contributed by atoms with Gasteiger partial charge in [-0.15, -0.1) is 0 Å². The maximum atomic E-state index is 5.24. The summed E-state index contributed by atoms with van der Waals surface area (Å²) in [5.74, 6) is 1.99. The van der Waals surface area contributed by atoms with E-state index < -0.39 is 0 Å². The third kappa shape index (κ3) is 5.84. The van der Waals surface area contributed by atoms with E-state index in [4.69, 9.17) is 9.98 Å². The second-order valence-electron chi connectivity index (χ2n) is 11.7. The topological polar surface area (TPSA) is 48.8 Å². The van der Waals surface area contributed by atoms with Crippen LogP contribution in [0.15, 0.2) is 161 Å². The average molecular weight is 573 g/mol. The number of aliphatic imine (C=N–C) groups is 2. The molecule has 2 aliphatic heterocycles. The molecular weight excluding hydrogens is 536 g/mol. The number of dihydropyridines is 1. The van der Waals surface area contributed by atoms with Gasteiger partial charge in [0, 0.05) is 16.8 Å². The van der Waals surface area contributed by atoms with Crippen molar-refractivity contribution in [3.8, 4) is 11.1 Å². The summed E-state index contributed by atoms with van der Waals surface area (Å²) in [6, 6.07) is 38.6. The summed E-state index contributed by atoms with van der Waals surface area (Å²) in [7, 11) is 0. The van der Waals surface area contributed by atoms with Gasteiger partial charge < -0.3 is 10.6 Å². The van der Waals surface area contributed by atoms with E-state index in [0.29, 0.717) is 5.92 Å². The van der Waals surface area contributed by atoms with Gasteiger partial charge in [0.1, 0.15) is 11.7 Å². The van der Waals surface area contributed by atoms with Gasteiger partial charge in [-0.1, -0.05) is 134 Å². The van der Waals surface area contributed by atoms with E-state index in [1.54, 1.807) is 0 Å². The molecule has 0 fully saturated rings. The molecule has 4 nitrogen and oxygen atoms in total. The number of hydrogen-bond donors (Lipinski definition) is 2. The Labute approximate surface area is 260 Å². The fraction of sp³-hybridized carbons (Fsp3) is 0.150. The first-order valence-electron chi connectivity index (χ1n) is 15.4. The third-order valence-electron chi connectivity index (χ3n) is 8.57. The maximum absolute atomic E-state index is 5.24. The zero-order chi connectivity index (χ0) is 29.9. The molecule has 7 rings (SSSR count). The summed E-state index contributed by atoms with van der Waals surface area (Å²) in [6.07, 6.45) is 11.6. The fourth-order valence-corrected chi connectivity index (χ4v) is 6.15. The van der Waals surface area contributed by atoms with Crippen LogP contribution >= 0.6 is 0 Å². The zero-order valence-electron chi connectivity index (χ0n) is 25.1. The SMILES string of the molecule is CC1=CC=CC(c2cccc(C3=NC(C4=CC=C(c5ccccc5)CC4C)N=C(c4ccc(-c5ccccc5)cc4)N3)c2)N1. The summed E-state index contributed by atoms with van der Waals surface area (Å²) in [4.78, 5) is 10.5. The van der Waals surface area contributed by atoms with Gasteiger partial charge in [-0.2, -0.15) is 0 Å². The van der Waals surface area contributed by atoms with Crippen molar-refractivity contribution in [2.45, 2.75) is 32.5 Å². The molecule has 0 amide bonds. The summed E-state index contributed by atoms with van der Waals surface area (Å²) in [6.45, 7) is 4.39. The highest BCUT2D eigenvalue weighted by molar-refractivity contribution is 6.16. The van der Waals surface area contributed by atoms with E-state index in [2.05, 4.69) is 158 Å². The largest absolute Gasteiger partial charge is 0.378 e. The Morgan fingerprint density at radius 1 is 0.636 bits per heavy atom. The number of nitrogens with zero attached hydrogens (tertiary/aromatic N) is 2. The van der Waals surface area contributed by atoms with Crippen molar-refractivity contribution in [1.29, 1.82) is 0 Å². The molecule has 3 atom stereocenters. The molecule has 0 saturated heterocycles. The third-order valence-corrected chi connectivity index (χ3v) is 8.57. The van der Waals surface area contributed by atoms with Crippen LogP contribution in [0.5, 0.6) is 0 Å². The van der Waals surface area contributed by atoms with Crippen LogP contribution in [-0.4, -0.2) is 17.8 Å². The highest BCUT2D eigenvalue weighted by atomic mass is 15.2. The Hall–Kier alpha value is -5.22. The minimum atomic E-state index is -0.305. The van der Waals surface area contributed by atoms with Gasteiger partial charge >= 0.3 is 0 Å². The number of rotatable bonds is 6. The molecule has 1 aliphatic carbocycles. The molecule has 2 N–H and O–H groups in total. The molecule has 0 spiro atoms. The van der Waals surface area contributed by atoms with Crippen LogP contribution in [0.2, 0.25) is 0 Å². The molecule has 0 saturated carbocycles. The number of amidine groups is 2. The first-order valence-corrected chi connectivity index (χ1v) is 15.4. The highest BCUT2D eigenvalue weighted by Crippen LogP contribution is 2.35. The van der Waals surface area contributed by atoms with E-state index in [9.17, 15) is 0 Å². The Morgan fingerprint density at radius 3 is 1.98 bits per heavy atom. The van der Waals surface area contributed by atoms with E-state index in [0.717, 1.165) is 34.9 Å². The van der Waals surface area contributed by atoms with Crippen molar-refractivity contribution in [1.82, 2.24) is 10.6 Å². The Bertz CT molecular complexity index is 1840. The smallest absolute Gasteiger partial charge is 0.166 e. The van der Waals surface area contributed by atoms with Crippen molar-refractivity contribution in [2.75, 3.05) is 0 Å². The standard InChI is InChI=1S/C40H36N4/c1-27-25-33(30-14-7-4-8-15-30)23-24-36(27)40-43-38(32-21-19-31(20-22-32)29-12-5-3-6-13-29)42-39(44-40)35-17-10-16-34(26-35)37-18-9-11-28(2)41-37/h3-24,26-27,37,40-41H,25H2,1-2H3,(H,42,43,44). The van der Waals surface area contributed by atoms with Crippen LogP contribution in [0, 0.1) is 5.92 Å². The van der Waals surface area contributed by atoms with Crippen molar-refractivity contribution >= 4 is 17.2 Å². The Morgan fingerprint density at radius 2 is 1.27 bits per heavy atom. The Balaban J connectivity index is 1.25. The molecule has 44 heavy (non-hydrogen) atoms. The van der Waals surface area contributed by atoms with Crippen LogP contribution in [0.4, 0.5) is 0 Å². The van der Waals surface area contributed by atoms with Gasteiger partial charge in [0.25, 0.3) is 0 Å². The normalized spacial score (nSPS) is 21.1. The average Bonchev–Trinajstić information content (AvgIpc) is 3.09. The van der Waals surface area contributed by atoms with Crippen molar-refractivity contribution < 1.29 is 0 Å². The highest BCUT2D eigenvalue weighted by Gasteiger charge is 2.27. The van der Waals surface area contributed by atoms with Gasteiger partial charge in [-0.25, -0.2) is 9.98 Å². The molecule has 0 bridgehead atoms. The number of benzene rings is 4. The lowest BCUT2D eigenvalue weighted by atomic mass is 9.84. The summed E-state index contributed by atoms with van der Waals surface area (Å²) >= 11 is 0. The minimum absolute atomic E-state index is 0.126. The van der Waals surface area contributed by atoms with Crippen molar-refractivity contribution in [3.63, 3.8) is 0 Å². The molecule has 4 aromatic rings. The van der Waals surface area contributed by atoms with Gasteiger partial charge in [0.05, 0.1) is 6.04 Å². The lowest BCUT2D eigenvalue weighted by molar-refractivity contribution is 0.614. The molecule has 0 radical (unpaired) electrons. The first kappa shape index (κ1) is 27.6. The number of hydrogen-bond acceptors (Lipinski definition) is 4. The minimum Gasteiger partial charge on any atom is -0.378 e. The molecule has 2 heterocycles. The monoisotopic (exact) mass is 572 g/mol. The number of nitrogens with one attached hydrogen (secondary N) is 2. The van der Waals surface area contributed by atoms with Gasteiger partial charge in [0.2, 0.25) is 0 Å². The molecule has 216 valence electrons. The van der Waals surface area contributed by atoms with Crippen LogP contribution in [0.3, 0.4) is 0 Å². The molecule has 4 aromatic carbocycles. The van der Waals surface area contributed by atoms with E-state index in [1.165, 1.54) is 33.4 Å². The second kappa shape index (κ2) is 12.2. The van der Waals surface area contributed by atoms with Gasteiger partial charge in [0.15, 0.2) is 6.17 Å². The summed E-state index contributed by atoms with van der Waals surface area (Å²) < 4.78 is 0. The zero-order valence-corrected chi connectivity index (χ0v) is 25.1. The fourth-order valence-electron chi connectivity index (χ4n) is 6.15. The van der Waals surface area contributed by atoms with Gasteiger partial charge in [-0.3, -0.25) is 0 Å². The van der Waals surface area contributed by atoms with Gasteiger partial charge in [-0.05, 0) is 64.8 Å². The Kier molecular flexibility index (Phi) is 7.64. The molecule has 3 unspecified atom stereocenters. The quantitative estimate of drug-likeness (QED) is 0.243. The predicted octanol–water partition coefficient (Wildman–Crippen LogP) is 8.63. The van der Waals surface area contributed by atoms with Crippen LogP contribution in [0.25, 0.3) is 16.7 Å². The van der Waals surface area contributed by atoms with E-state index in [1.807, 2.05) is 6.07 Å². The lowest BCUT2D eigenvalue weighted by Crippen LogP contribution is -2.39. The van der Waals surface area contributed by atoms with Crippen LogP contribution < -0.4 is 10.6 Å². The van der Waals surface area contributed by atoms with Crippen molar-refractivity contribution in [2.24, 2.45) is 15.9 Å². The predicted molar refractivity (Wildman–Crippen MR) is 183 cm³/mol. The lowest BCUT2D eigenvalue weighted by Gasteiger charge is -2.29. The van der Waals surface area contributed by atoms with E-state index in [-0.39, 0.29) is 12.2 Å². The molecule has 4 heteroatoms. The van der Waals surface area contributed by atoms with Crippen molar-refractivity contribution in [3.05, 3.63) is 173 Å².